The Morgan fingerprint density at radius 3 is 1.86 bits per heavy atom. The van der Waals surface area contributed by atoms with Gasteiger partial charge in [0.15, 0.2) is 0 Å². The van der Waals surface area contributed by atoms with Crippen molar-refractivity contribution in [3.05, 3.63) is 0 Å². The van der Waals surface area contributed by atoms with Gasteiger partial charge in [-0.2, -0.15) is 0 Å². The maximum atomic E-state index is 10.2. The number of rotatable bonds is 2. The van der Waals surface area contributed by atoms with E-state index < -0.39 is 12.0 Å². The number of primary amides is 1. The second kappa shape index (κ2) is 17.7. The molecule has 5 N–H and O–H groups in total. The van der Waals surface area contributed by atoms with Gasteiger partial charge in [-0.1, -0.05) is 20.3 Å². The topological polar surface area (TPSA) is 107 Å². The minimum Gasteiger partial charge on any atom is -0.453 e. The number of alkyl carbamates (subject to hydrolysis) is 1. The fourth-order valence-electron chi connectivity index (χ4n) is 0.231. The lowest BCUT2D eigenvalue weighted by molar-refractivity contribution is -0.117. The van der Waals surface area contributed by atoms with Crippen molar-refractivity contribution in [2.24, 2.45) is 11.5 Å². The number of ether oxygens (including phenoxy) is 1. The van der Waals surface area contributed by atoms with Crippen LogP contribution in [0.2, 0.25) is 0 Å². The van der Waals surface area contributed by atoms with E-state index in [4.69, 9.17) is 0 Å². The van der Waals surface area contributed by atoms with E-state index in [1.54, 1.807) is 0 Å². The first kappa shape index (κ1) is 18.5. The van der Waals surface area contributed by atoms with Gasteiger partial charge in [-0.15, -0.1) is 0 Å². The molecule has 2 amide bonds. The second-order valence-corrected chi connectivity index (χ2v) is 2.02. The normalized spacial score (nSPS) is 6.93. The number of amides is 2. The molecule has 6 nitrogen and oxygen atoms in total. The van der Waals surface area contributed by atoms with E-state index in [0.29, 0.717) is 0 Å². The maximum absolute atomic E-state index is 10.2. The standard InChI is InChI=1S/C4H8N2O3.C3H8.CH5N/c1-9-4(8)6-2-3(5)7;1-3-2;1-2/h2H2,1H3,(H2,5,7)(H,6,8);3H2,1-2H3;2H2,1H3. The predicted octanol–water partition coefficient (Wildman–Crippen LogP) is -0.181. The lowest BCUT2D eigenvalue weighted by Crippen LogP contribution is -2.33. The molecule has 6 heteroatoms. The molecule has 0 aliphatic carbocycles. The van der Waals surface area contributed by atoms with E-state index in [1.165, 1.54) is 20.6 Å². The van der Waals surface area contributed by atoms with Gasteiger partial charge in [0, 0.05) is 0 Å². The Balaban J connectivity index is -0.000000205. The van der Waals surface area contributed by atoms with Crippen molar-refractivity contribution in [3.8, 4) is 0 Å². The molecule has 0 spiro atoms. The van der Waals surface area contributed by atoms with Crippen molar-refractivity contribution in [3.63, 3.8) is 0 Å². The molecule has 0 aliphatic heterocycles. The molecule has 14 heavy (non-hydrogen) atoms. The zero-order chi connectivity index (χ0) is 12.0. The first-order valence-electron chi connectivity index (χ1n) is 4.26. The summed E-state index contributed by atoms with van der Waals surface area (Å²) in [6.45, 7) is 4.06. The van der Waals surface area contributed by atoms with E-state index >= 15 is 0 Å². The first-order chi connectivity index (χ1) is 6.58. The van der Waals surface area contributed by atoms with E-state index in [1.807, 2.05) is 0 Å². The van der Waals surface area contributed by atoms with Crippen molar-refractivity contribution < 1.29 is 14.3 Å². The van der Waals surface area contributed by atoms with Gasteiger partial charge in [-0.3, -0.25) is 4.79 Å². The van der Waals surface area contributed by atoms with Gasteiger partial charge in [0.2, 0.25) is 5.91 Å². The third-order valence-corrected chi connectivity index (χ3v) is 0.592. The van der Waals surface area contributed by atoms with Crippen LogP contribution >= 0.6 is 0 Å². The summed E-state index contributed by atoms with van der Waals surface area (Å²) in [4.78, 5) is 20.1. The van der Waals surface area contributed by atoms with Crippen molar-refractivity contribution in [2.75, 3.05) is 20.7 Å². The fraction of sp³-hybridized carbons (Fsp3) is 0.750. The molecule has 0 atom stereocenters. The van der Waals surface area contributed by atoms with E-state index in [2.05, 4.69) is 35.4 Å². The van der Waals surface area contributed by atoms with Crippen LogP contribution in [0.1, 0.15) is 20.3 Å². The van der Waals surface area contributed by atoms with Crippen LogP contribution in [-0.2, 0) is 9.53 Å². The lowest BCUT2D eigenvalue weighted by Gasteiger charge is -1.97. The van der Waals surface area contributed by atoms with Crippen LogP contribution in [0.25, 0.3) is 0 Å². The summed E-state index contributed by atoms with van der Waals surface area (Å²) >= 11 is 0. The Labute approximate surface area is 85.0 Å². The molecule has 0 aliphatic rings. The average molecular weight is 207 g/mol. The molecule has 0 aromatic carbocycles. The zero-order valence-corrected chi connectivity index (χ0v) is 9.29. The number of hydrogen-bond acceptors (Lipinski definition) is 4. The van der Waals surface area contributed by atoms with Crippen LogP contribution in [0.3, 0.4) is 0 Å². The molecule has 0 unspecified atom stereocenters. The molecule has 0 aromatic heterocycles. The van der Waals surface area contributed by atoms with Gasteiger partial charge in [0.1, 0.15) is 0 Å². The zero-order valence-electron chi connectivity index (χ0n) is 9.29. The van der Waals surface area contributed by atoms with Gasteiger partial charge in [0.25, 0.3) is 0 Å². The highest BCUT2D eigenvalue weighted by Gasteiger charge is 1.98. The van der Waals surface area contributed by atoms with Crippen LogP contribution in [-0.4, -0.2) is 32.7 Å². The average Bonchev–Trinajstić information content (AvgIpc) is 2.18. The monoisotopic (exact) mass is 207 g/mol. The molecule has 0 radical (unpaired) electrons. The number of methoxy groups -OCH3 is 1. The van der Waals surface area contributed by atoms with Crippen molar-refractivity contribution >= 4 is 12.0 Å². The molecule has 0 saturated carbocycles. The second-order valence-electron chi connectivity index (χ2n) is 2.02. The van der Waals surface area contributed by atoms with Gasteiger partial charge < -0.3 is 21.5 Å². The summed E-state index contributed by atoms with van der Waals surface area (Å²) < 4.78 is 4.14. The first-order valence-corrected chi connectivity index (χ1v) is 4.26. The highest BCUT2D eigenvalue weighted by Crippen LogP contribution is 1.67. The molecule has 0 fully saturated rings. The van der Waals surface area contributed by atoms with Crippen LogP contribution in [0, 0.1) is 0 Å². The Morgan fingerprint density at radius 1 is 1.29 bits per heavy atom. The van der Waals surface area contributed by atoms with E-state index in [-0.39, 0.29) is 6.54 Å². The Hall–Kier alpha value is -1.30. The molecule has 0 aromatic rings. The highest BCUT2D eigenvalue weighted by atomic mass is 16.5. The summed E-state index contributed by atoms with van der Waals surface area (Å²) in [5.74, 6) is -0.597. The fourth-order valence-corrected chi connectivity index (χ4v) is 0.231. The van der Waals surface area contributed by atoms with Gasteiger partial charge in [0.05, 0.1) is 13.7 Å². The van der Waals surface area contributed by atoms with Gasteiger partial charge >= 0.3 is 6.09 Å². The Morgan fingerprint density at radius 2 is 1.64 bits per heavy atom. The maximum Gasteiger partial charge on any atom is 0.407 e. The van der Waals surface area contributed by atoms with Gasteiger partial charge in [-0.05, 0) is 7.05 Å². The SMILES string of the molecule is CCC.CN.COC(=O)NCC(N)=O. The van der Waals surface area contributed by atoms with Crippen LogP contribution < -0.4 is 16.8 Å². The Bertz CT molecular complexity index is 140. The molecule has 0 heterocycles. The summed E-state index contributed by atoms with van der Waals surface area (Å²) in [6, 6.07) is 0. The van der Waals surface area contributed by atoms with Crippen molar-refractivity contribution in [1.29, 1.82) is 0 Å². The highest BCUT2D eigenvalue weighted by molar-refractivity contribution is 5.80. The number of carbonyl (C=O) groups is 2. The summed E-state index contributed by atoms with van der Waals surface area (Å²) in [5, 5.41) is 2.10. The minimum absolute atomic E-state index is 0.188. The molecule has 86 valence electrons. The quantitative estimate of drug-likeness (QED) is 0.583. The molecule has 0 saturated heterocycles. The summed E-state index contributed by atoms with van der Waals surface area (Å²) in [5.41, 5.74) is 9.19. The van der Waals surface area contributed by atoms with Gasteiger partial charge in [-0.25, -0.2) is 4.79 Å². The summed E-state index contributed by atoms with van der Waals surface area (Å²) in [6.07, 6.45) is 0.591. The number of nitrogens with one attached hydrogen (secondary N) is 1. The van der Waals surface area contributed by atoms with Crippen LogP contribution in [0.15, 0.2) is 0 Å². The van der Waals surface area contributed by atoms with Crippen LogP contribution in [0.5, 0.6) is 0 Å². The number of nitrogens with two attached hydrogens (primary N) is 2. The van der Waals surface area contributed by atoms with E-state index in [0.717, 1.165) is 0 Å². The minimum atomic E-state index is -0.659. The molecular formula is C8H21N3O3. The Kier molecular flexibility index (Phi) is 23.4. The number of hydrogen-bond donors (Lipinski definition) is 3. The third-order valence-electron chi connectivity index (χ3n) is 0.592. The largest absolute Gasteiger partial charge is 0.453 e. The smallest absolute Gasteiger partial charge is 0.407 e. The van der Waals surface area contributed by atoms with Crippen molar-refractivity contribution in [2.45, 2.75) is 20.3 Å². The predicted molar refractivity (Wildman–Crippen MR) is 55.7 cm³/mol. The van der Waals surface area contributed by atoms with E-state index in [9.17, 15) is 9.59 Å². The molecule has 0 rings (SSSR count). The van der Waals surface area contributed by atoms with Crippen LogP contribution in [0.4, 0.5) is 4.79 Å². The van der Waals surface area contributed by atoms with Crippen molar-refractivity contribution in [1.82, 2.24) is 5.32 Å². The molecule has 0 bridgehead atoms. The third kappa shape index (κ3) is 31.0. The molecular weight excluding hydrogens is 186 g/mol. The number of carbonyl (C=O) groups excluding carboxylic acids is 2. The lowest BCUT2D eigenvalue weighted by atomic mass is 10.6. The summed E-state index contributed by atoms with van der Waals surface area (Å²) in [7, 11) is 2.70.